The number of fused-ring (bicyclic) bond motifs is 4. The smallest absolute Gasteiger partial charge is 0.460 e. The summed E-state index contributed by atoms with van der Waals surface area (Å²) in [5.74, 6) is -7.22. The van der Waals surface area contributed by atoms with E-state index < -0.39 is 201 Å². The van der Waals surface area contributed by atoms with Crippen LogP contribution in [0.25, 0.3) is 22.0 Å². The number of ether oxygens (including phenoxy) is 1. The van der Waals surface area contributed by atoms with Crippen molar-refractivity contribution >= 4 is 69.2 Å². The normalized spacial score (nSPS) is 16.4. The van der Waals surface area contributed by atoms with Crippen LogP contribution >= 0.6 is 19.4 Å². The molecule has 1 saturated carbocycles. The van der Waals surface area contributed by atoms with E-state index in [0.29, 0.717) is 20.6 Å². The molecular weight excluding hydrogens is 1370 g/mol. The Labute approximate surface area is 554 Å². The second-order valence-corrected chi connectivity index (χ2v) is 31.6. The third-order valence-corrected chi connectivity index (χ3v) is 20.2. The van der Waals surface area contributed by atoms with E-state index in [1.165, 1.54) is 45.9 Å². The summed E-state index contributed by atoms with van der Waals surface area (Å²) in [4.78, 5) is 47.6. The lowest BCUT2D eigenvalue weighted by Crippen LogP contribution is -2.37. The SMILES string of the molecule is Cc1cc(CC(=O)OC(C)(C)C)c(C(C)(C)CC(=O)N(Cc2nn(CC(F)(F)F)c3c(-c4ccc(C#CC(C)(C)S(C)(=O)=O)nc4[C@H](Cc4cc(F)cc(F)c4)NC(=O)Cn4nc(C(F)(F)F)c5c4C(F)(F)[C@@H]4C[C@H]54)ccc(Cl)c23)S(=O)O)c(OP(=O)(OC(C)C)OC(C)C)c1. The summed E-state index contributed by atoms with van der Waals surface area (Å²) in [6.45, 7) is 13.8. The van der Waals surface area contributed by atoms with Crippen LogP contribution in [0.1, 0.15) is 157 Å². The van der Waals surface area contributed by atoms with Crippen LogP contribution in [0.3, 0.4) is 0 Å². The molecule has 8 rings (SSSR count). The van der Waals surface area contributed by atoms with E-state index >= 15 is 30.7 Å². The van der Waals surface area contributed by atoms with Crippen LogP contribution in [0, 0.1) is 36.3 Å². The van der Waals surface area contributed by atoms with Crippen LogP contribution in [0.4, 0.5) is 43.9 Å². The zero-order valence-electron chi connectivity index (χ0n) is 54.1. The number of hydrogen-bond acceptors (Lipinski definition) is 14. The highest BCUT2D eigenvalue weighted by Crippen LogP contribution is 2.68. The van der Waals surface area contributed by atoms with Crippen molar-refractivity contribution in [2.75, 3.05) is 6.26 Å². The largest absolute Gasteiger partial charge is 0.530 e. The van der Waals surface area contributed by atoms with Gasteiger partial charge in [0.2, 0.25) is 11.8 Å². The van der Waals surface area contributed by atoms with E-state index in [-0.39, 0.29) is 55.4 Å². The number of hydrogen-bond donors (Lipinski definition) is 2. The molecule has 6 aromatic rings. The van der Waals surface area contributed by atoms with Gasteiger partial charge in [0.25, 0.3) is 17.2 Å². The third kappa shape index (κ3) is 17.1. The van der Waals surface area contributed by atoms with Crippen LogP contribution in [-0.4, -0.2) is 98.8 Å². The quantitative estimate of drug-likeness (QED) is 0.0199. The number of nitrogens with zero attached hydrogens (tertiary/aromatic N) is 6. The number of benzene rings is 3. The van der Waals surface area contributed by atoms with Crippen LogP contribution in [0.15, 0.2) is 54.6 Å². The van der Waals surface area contributed by atoms with Crippen LogP contribution in [0.5, 0.6) is 5.75 Å². The lowest BCUT2D eigenvalue weighted by atomic mass is 9.77. The van der Waals surface area contributed by atoms with Crippen molar-refractivity contribution in [1.82, 2.24) is 34.2 Å². The first-order valence-corrected chi connectivity index (χ1v) is 34.5. The van der Waals surface area contributed by atoms with E-state index in [9.17, 15) is 49.3 Å². The number of carbonyl (C=O) groups excluding carboxylic acids is 3. The van der Waals surface area contributed by atoms with Crippen LogP contribution in [-0.2, 0) is 104 Å². The van der Waals surface area contributed by atoms with Gasteiger partial charge in [-0.2, -0.15) is 45.3 Å². The highest BCUT2D eigenvalue weighted by molar-refractivity contribution is 7.92. The molecule has 1 fully saturated rings. The Morgan fingerprint density at radius 1 is 0.906 bits per heavy atom. The zero-order chi connectivity index (χ0) is 71.7. The predicted octanol–water partition coefficient (Wildman–Crippen LogP) is 13.7. The molecule has 0 bridgehead atoms. The molecule has 2 amide bonds. The number of halogens is 11. The Bertz CT molecular complexity index is 4300. The Kier molecular flexibility index (Phi) is 21.1. The maximum atomic E-state index is 15.8. The number of nitrogens with one attached hydrogen (secondary N) is 1. The standard InChI is InChI=1S/C63H69ClF10N7O12PS2/c1-32(2)91-94(85,92-33(3)4)93-47-21-34(5)20-36(25-50(84)90-58(6,7)8)53(47)59(9,10)28-49(83)81(95(86)87)29-46-52-44(64)17-16-41(55(52)80(77-46)31-61(67,68)69)40-15-14-39(18-19-60(11,12)96(13,88)89)75-54(40)45(24-35-22-37(65)26-38(66)23-35)76-48(82)30-79-57-51(56(78-79)63(72,73)74)42-27-43(42)62(57,70)71/h14-17,20-23,26,32-33,42-43,45H,24-25,27-31H2,1-13H3,(H,76,82)(H,86,87)/t42-,43+,45-/m0/s1. The Balaban J connectivity index is 1.29. The topological polar surface area (TPSA) is 240 Å². The molecular formula is C63H69ClF10N7O12PS2. The third-order valence-electron chi connectivity index (χ3n) is 15.4. The van der Waals surface area contributed by atoms with Gasteiger partial charge in [-0.25, -0.2) is 35.3 Å². The van der Waals surface area contributed by atoms with Crippen molar-refractivity contribution in [3.05, 3.63) is 128 Å². The van der Waals surface area contributed by atoms with Crippen LogP contribution < -0.4 is 9.84 Å². The highest BCUT2D eigenvalue weighted by Gasteiger charge is 2.68. The van der Waals surface area contributed by atoms with Gasteiger partial charge in [0.1, 0.15) is 52.2 Å². The maximum Gasteiger partial charge on any atom is 0.530 e. The van der Waals surface area contributed by atoms with Gasteiger partial charge in [0.05, 0.1) is 53.1 Å². The highest BCUT2D eigenvalue weighted by atomic mass is 35.5. The van der Waals surface area contributed by atoms with E-state index in [0.717, 1.165) is 30.5 Å². The number of pyridine rings is 1. The number of phosphoric ester groups is 1. The lowest BCUT2D eigenvalue weighted by molar-refractivity contribution is -0.154. The minimum Gasteiger partial charge on any atom is -0.460 e. The summed E-state index contributed by atoms with van der Waals surface area (Å²) in [5.41, 5.74) is -8.21. The zero-order valence-corrected chi connectivity index (χ0v) is 57.4. The molecule has 0 radical (unpaired) electrons. The summed E-state index contributed by atoms with van der Waals surface area (Å²) in [6.07, 6.45) is -13.2. The monoisotopic (exact) mass is 1440 g/mol. The molecule has 2 N–H and O–H groups in total. The minimum atomic E-state index is -5.25. The van der Waals surface area contributed by atoms with E-state index in [4.69, 9.17) is 29.9 Å². The molecule has 3 heterocycles. The van der Waals surface area contributed by atoms with Gasteiger partial charge in [0.15, 0.2) is 15.5 Å². The molecule has 3 aromatic heterocycles. The van der Waals surface area contributed by atoms with Crippen molar-refractivity contribution in [3.8, 4) is 28.7 Å². The summed E-state index contributed by atoms with van der Waals surface area (Å²) in [5, 5.41) is 9.35. The molecule has 19 nitrogen and oxygen atoms in total. The molecule has 4 atom stereocenters. The molecule has 3 aromatic carbocycles. The first-order valence-electron chi connectivity index (χ1n) is 29.7. The summed E-state index contributed by atoms with van der Waals surface area (Å²) < 4.78 is 237. The van der Waals surface area contributed by atoms with Gasteiger partial charge >= 0.3 is 26.1 Å². The average Bonchev–Trinajstić information content (AvgIpc) is 1.50. The maximum absolute atomic E-state index is 15.8. The van der Waals surface area contributed by atoms with Crippen molar-refractivity contribution in [3.63, 3.8) is 0 Å². The number of esters is 1. The van der Waals surface area contributed by atoms with E-state index in [1.54, 1.807) is 61.5 Å². The Morgan fingerprint density at radius 2 is 1.52 bits per heavy atom. The van der Waals surface area contributed by atoms with Gasteiger partial charge in [-0.1, -0.05) is 43.5 Å². The van der Waals surface area contributed by atoms with Gasteiger partial charge < -0.3 is 14.6 Å². The van der Waals surface area contributed by atoms with Gasteiger partial charge in [-0.05, 0) is 147 Å². The van der Waals surface area contributed by atoms with Crippen molar-refractivity contribution in [2.24, 2.45) is 5.92 Å². The number of aromatic nitrogens is 5. The van der Waals surface area contributed by atoms with E-state index in [1.807, 2.05) is 0 Å². The first-order chi connectivity index (χ1) is 44.0. The summed E-state index contributed by atoms with van der Waals surface area (Å²) in [7, 11) is -8.51. The Hall–Kier alpha value is -6.94. The predicted molar refractivity (Wildman–Crippen MR) is 333 cm³/mol. The average molecular weight is 1440 g/mol. The lowest BCUT2D eigenvalue weighted by Gasteiger charge is -2.32. The number of alkyl halides is 8. The molecule has 96 heavy (non-hydrogen) atoms. The number of rotatable bonds is 23. The molecule has 2 aliphatic rings. The van der Waals surface area contributed by atoms with Gasteiger partial charge in [-0.15, -0.1) is 0 Å². The molecule has 2 aliphatic carbocycles. The summed E-state index contributed by atoms with van der Waals surface area (Å²) >= 11 is 3.55. The van der Waals surface area contributed by atoms with Crippen molar-refractivity contribution < 1.29 is 98.3 Å². The molecule has 0 spiro atoms. The molecule has 33 heteroatoms. The fourth-order valence-electron chi connectivity index (χ4n) is 11.4. The van der Waals surface area contributed by atoms with Crippen LogP contribution in [0.2, 0.25) is 5.02 Å². The fourth-order valence-corrected chi connectivity index (χ4v) is 13.9. The van der Waals surface area contributed by atoms with Crippen molar-refractivity contribution in [1.29, 1.82) is 0 Å². The second kappa shape index (κ2) is 27.1. The number of sulfone groups is 1. The summed E-state index contributed by atoms with van der Waals surface area (Å²) in [6, 6.07) is 7.96. The number of phosphoric acid groups is 1. The molecule has 1 unspecified atom stereocenters. The minimum absolute atomic E-state index is 0.0550. The number of amides is 2. The molecule has 0 aliphatic heterocycles. The van der Waals surface area contributed by atoms with E-state index in [2.05, 4.69) is 32.3 Å². The fraction of sp³-hybridized carbons (Fsp3) is 0.492. The van der Waals surface area contributed by atoms with Gasteiger partial charge in [0, 0.05) is 57.7 Å². The van der Waals surface area contributed by atoms with Crippen molar-refractivity contribution in [2.45, 2.75) is 187 Å². The first kappa shape index (κ1) is 74.8. The number of aryl methyl sites for hydroxylation is 1. The second-order valence-electron chi connectivity index (χ2n) is 26.3. The molecule has 522 valence electrons. The molecule has 0 saturated heterocycles. The Morgan fingerprint density at radius 3 is 2.08 bits per heavy atom. The number of carbonyl (C=O) groups is 3. The van der Waals surface area contributed by atoms with Gasteiger partial charge in [-0.3, -0.25) is 37.3 Å².